The first-order chi connectivity index (χ1) is 11.9. The van der Waals surface area contributed by atoms with Crippen LogP contribution in [-0.4, -0.2) is 11.8 Å². The van der Waals surface area contributed by atoms with Gasteiger partial charge in [-0.05, 0) is 62.4 Å². The smallest absolute Gasteiger partial charge is 0.240 e. The van der Waals surface area contributed by atoms with Crippen molar-refractivity contribution in [2.45, 2.75) is 40.2 Å². The summed E-state index contributed by atoms with van der Waals surface area (Å²) in [6.45, 7) is 6.45. The zero-order chi connectivity index (χ0) is 18.0. The molecule has 2 aromatic rings. The van der Waals surface area contributed by atoms with Gasteiger partial charge in [0.05, 0.1) is 0 Å². The van der Waals surface area contributed by atoms with Crippen molar-refractivity contribution in [3.05, 3.63) is 64.7 Å². The third-order valence-corrected chi connectivity index (χ3v) is 4.67. The highest BCUT2D eigenvalue weighted by atomic mass is 16.2. The van der Waals surface area contributed by atoms with Gasteiger partial charge < -0.3 is 10.6 Å². The van der Waals surface area contributed by atoms with Crippen LogP contribution in [0, 0.1) is 26.2 Å². The van der Waals surface area contributed by atoms with Crippen molar-refractivity contribution in [1.29, 1.82) is 0 Å². The van der Waals surface area contributed by atoms with Crippen LogP contribution in [0.5, 0.6) is 0 Å². The Morgan fingerprint density at radius 3 is 2.04 bits per heavy atom. The molecule has 2 aromatic carbocycles. The highest BCUT2D eigenvalue weighted by molar-refractivity contribution is 6.13. The van der Waals surface area contributed by atoms with E-state index in [-0.39, 0.29) is 11.8 Å². The molecule has 1 aliphatic carbocycles. The summed E-state index contributed by atoms with van der Waals surface area (Å²) in [6.07, 6.45) is 1.20. The first-order valence-corrected chi connectivity index (χ1v) is 8.63. The molecular weight excluding hydrogens is 312 g/mol. The fourth-order valence-corrected chi connectivity index (χ4v) is 3.04. The zero-order valence-corrected chi connectivity index (χ0v) is 15.0. The lowest BCUT2D eigenvalue weighted by Crippen LogP contribution is -2.39. The molecule has 0 bridgehead atoms. The van der Waals surface area contributed by atoms with E-state index in [0.29, 0.717) is 19.4 Å². The van der Waals surface area contributed by atoms with Crippen molar-refractivity contribution in [2.24, 2.45) is 5.41 Å². The molecule has 2 amide bonds. The van der Waals surface area contributed by atoms with Crippen LogP contribution < -0.4 is 10.6 Å². The molecule has 2 N–H and O–H groups in total. The van der Waals surface area contributed by atoms with Gasteiger partial charge in [0.1, 0.15) is 5.41 Å². The van der Waals surface area contributed by atoms with Crippen LogP contribution in [-0.2, 0) is 16.1 Å². The van der Waals surface area contributed by atoms with Crippen LogP contribution in [0.25, 0.3) is 0 Å². The van der Waals surface area contributed by atoms with E-state index in [1.807, 2.05) is 57.2 Å². The fourth-order valence-electron chi connectivity index (χ4n) is 3.04. The molecule has 0 saturated heterocycles. The summed E-state index contributed by atoms with van der Waals surface area (Å²) in [5.41, 5.74) is 4.22. The summed E-state index contributed by atoms with van der Waals surface area (Å²) in [6, 6.07) is 13.9. The van der Waals surface area contributed by atoms with Crippen molar-refractivity contribution in [3.63, 3.8) is 0 Å². The van der Waals surface area contributed by atoms with E-state index >= 15 is 0 Å². The molecule has 25 heavy (non-hydrogen) atoms. The molecule has 0 spiro atoms. The van der Waals surface area contributed by atoms with E-state index in [4.69, 9.17) is 0 Å². The minimum Gasteiger partial charge on any atom is -0.351 e. The van der Waals surface area contributed by atoms with Crippen molar-refractivity contribution in [1.82, 2.24) is 5.32 Å². The predicted octanol–water partition coefficient (Wildman–Crippen LogP) is 3.65. The van der Waals surface area contributed by atoms with Gasteiger partial charge in [-0.25, -0.2) is 0 Å². The maximum atomic E-state index is 12.6. The number of rotatable bonds is 5. The topological polar surface area (TPSA) is 58.2 Å². The summed E-state index contributed by atoms with van der Waals surface area (Å²) in [4.78, 5) is 25.2. The first-order valence-electron chi connectivity index (χ1n) is 8.63. The van der Waals surface area contributed by atoms with Gasteiger partial charge in [-0.1, -0.05) is 35.9 Å². The van der Waals surface area contributed by atoms with Crippen LogP contribution >= 0.6 is 0 Å². The number of hydrogen-bond donors (Lipinski definition) is 2. The quantitative estimate of drug-likeness (QED) is 0.819. The number of benzene rings is 2. The lowest BCUT2D eigenvalue weighted by Gasteiger charge is -2.16. The number of carbonyl (C=O) groups excluding carboxylic acids is 2. The average Bonchev–Trinajstić information content (AvgIpc) is 3.35. The van der Waals surface area contributed by atoms with Crippen molar-refractivity contribution in [3.8, 4) is 0 Å². The number of aryl methyl sites for hydroxylation is 3. The molecule has 1 saturated carbocycles. The van der Waals surface area contributed by atoms with E-state index in [9.17, 15) is 9.59 Å². The summed E-state index contributed by atoms with van der Waals surface area (Å²) in [5, 5.41) is 5.82. The standard InChI is InChI=1S/C21H24N2O2/c1-14-4-6-17(7-5-14)13-22-19(24)21(8-9-21)20(25)23-18-11-15(2)10-16(3)12-18/h4-7,10-12H,8-9,13H2,1-3H3,(H,22,24)(H,23,25). The monoisotopic (exact) mass is 336 g/mol. The molecular formula is C21H24N2O2. The molecule has 0 aliphatic heterocycles. The Morgan fingerprint density at radius 2 is 1.48 bits per heavy atom. The average molecular weight is 336 g/mol. The van der Waals surface area contributed by atoms with Crippen molar-refractivity contribution < 1.29 is 9.59 Å². The molecule has 4 nitrogen and oxygen atoms in total. The van der Waals surface area contributed by atoms with Crippen molar-refractivity contribution >= 4 is 17.5 Å². The molecule has 4 heteroatoms. The summed E-state index contributed by atoms with van der Waals surface area (Å²) in [5.74, 6) is -0.395. The van der Waals surface area contributed by atoms with Gasteiger partial charge in [0, 0.05) is 12.2 Å². The fraction of sp³-hybridized carbons (Fsp3) is 0.333. The maximum Gasteiger partial charge on any atom is 0.240 e. The normalized spacial score (nSPS) is 14.7. The molecule has 0 unspecified atom stereocenters. The highest BCUT2D eigenvalue weighted by Gasteiger charge is 2.56. The summed E-state index contributed by atoms with van der Waals surface area (Å²) < 4.78 is 0. The van der Waals surface area contributed by atoms with E-state index < -0.39 is 5.41 Å². The lowest BCUT2D eigenvalue weighted by molar-refractivity contribution is -0.134. The molecule has 130 valence electrons. The van der Waals surface area contributed by atoms with Crippen LogP contribution in [0.2, 0.25) is 0 Å². The minimum absolute atomic E-state index is 0.185. The van der Waals surface area contributed by atoms with Crippen molar-refractivity contribution in [2.75, 3.05) is 5.32 Å². The van der Waals surface area contributed by atoms with Gasteiger partial charge in [0.15, 0.2) is 0 Å². The second kappa shape index (κ2) is 6.71. The minimum atomic E-state index is -0.914. The third-order valence-electron chi connectivity index (χ3n) is 4.67. The van der Waals surface area contributed by atoms with E-state index in [1.165, 1.54) is 5.56 Å². The summed E-state index contributed by atoms with van der Waals surface area (Å²) >= 11 is 0. The highest BCUT2D eigenvalue weighted by Crippen LogP contribution is 2.47. The third kappa shape index (κ3) is 3.90. The van der Waals surface area contributed by atoms with Gasteiger partial charge in [0.2, 0.25) is 11.8 Å². The SMILES string of the molecule is Cc1ccc(CNC(=O)C2(C(=O)Nc3cc(C)cc(C)c3)CC2)cc1. The number of carbonyl (C=O) groups is 2. The Bertz CT molecular complexity index is 785. The zero-order valence-electron chi connectivity index (χ0n) is 15.0. The second-order valence-corrected chi connectivity index (χ2v) is 7.08. The molecule has 0 radical (unpaired) electrons. The molecule has 0 aromatic heterocycles. The Balaban J connectivity index is 1.63. The number of nitrogens with one attached hydrogen (secondary N) is 2. The molecule has 3 rings (SSSR count). The van der Waals surface area contributed by atoms with Gasteiger partial charge >= 0.3 is 0 Å². The molecule has 1 fully saturated rings. The van der Waals surface area contributed by atoms with E-state index in [1.54, 1.807) is 0 Å². The van der Waals surface area contributed by atoms with Crippen LogP contribution in [0.1, 0.15) is 35.1 Å². The molecule has 0 heterocycles. The summed E-state index contributed by atoms with van der Waals surface area (Å²) in [7, 11) is 0. The number of anilines is 1. The van der Waals surface area contributed by atoms with Crippen LogP contribution in [0.15, 0.2) is 42.5 Å². The first kappa shape index (κ1) is 17.2. The number of hydrogen-bond acceptors (Lipinski definition) is 2. The predicted molar refractivity (Wildman–Crippen MR) is 99.2 cm³/mol. The van der Waals surface area contributed by atoms with Crippen LogP contribution in [0.3, 0.4) is 0 Å². The van der Waals surface area contributed by atoms with Gasteiger partial charge in [0.25, 0.3) is 0 Å². The van der Waals surface area contributed by atoms with Gasteiger partial charge in [-0.3, -0.25) is 9.59 Å². The Morgan fingerprint density at radius 1 is 0.880 bits per heavy atom. The van der Waals surface area contributed by atoms with E-state index in [2.05, 4.69) is 16.7 Å². The Kier molecular flexibility index (Phi) is 4.62. The Hall–Kier alpha value is -2.62. The largest absolute Gasteiger partial charge is 0.351 e. The molecule has 0 atom stereocenters. The van der Waals surface area contributed by atoms with Crippen LogP contribution in [0.4, 0.5) is 5.69 Å². The number of amides is 2. The Labute approximate surface area is 148 Å². The maximum absolute atomic E-state index is 12.6. The van der Waals surface area contributed by atoms with Gasteiger partial charge in [-0.15, -0.1) is 0 Å². The second-order valence-electron chi connectivity index (χ2n) is 7.08. The van der Waals surface area contributed by atoms with E-state index in [0.717, 1.165) is 22.4 Å². The molecule has 1 aliphatic rings. The van der Waals surface area contributed by atoms with Gasteiger partial charge in [-0.2, -0.15) is 0 Å². The lowest BCUT2D eigenvalue weighted by atomic mass is 10.0.